The molecule has 0 aliphatic heterocycles. The van der Waals surface area contributed by atoms with Crippen LogP contribution in [0.2, 0.25) is 0 Å². The van der Waals surface area contributed by atoms with Crippen molar-refractivity contribution in [2.24, 2.45) is 0 Å². The molecule has 1 aliphatic rings. The van der Waals surface area contributed by atoms with Gasteiger partial charge >= 0.3 is 0 Å². The fourth-order valence-corrected chi connectivity index (χ4v) is 5.21. The second-order valence-corrected chi connectivity index (χ2v) is 8.47. The number of thioether (sulfide) groups is 1. The summed E-state index contributed by atoms with van der Waals surface area (Å²) in [5.41, 5.74) is 4.21. The summed E-state index contributed by atoms with van der Waals surface area (Å²) in [6.45, 7) is 0.677. The van der Waals surface area contributed by atoms with Crippen LogP contribution in [-0.2, 0) is 19.4 Å². The monoisotopic (exact) mass is 373 g/mol. The van der Waals surface area contributed by atoms with Gasteiger partial charge < -0.3 is 9.67 Å². The van der Waals surface area contributed by atoms with E-state index in [1.165, 1.54) is 50.7 Å². The highest BCUT2D eigenvalue weighted by atomic mass is 32.2. The average molecular weight is 374 g/mol. The number of aliphatic hydroxyl groups is 1. The van der Waals surface area contributed by atoms with Crippen LogP contribution in [0.3, 0.4) is 0 Å². The molecule has 0 amide bonds. The van der Waals surface area contributed by atoms with E-state index in [1.807, 2.05) is 0 Å². The Morgan fingerprint density at radius 1 is 0.926 bits per heavy atom. The number of fused-ring (bicyclic) bond motifs is 4. The molecule has 3 heteroatoms. The Balaban J connectivity index is 1.33. The molecule has 0 radical (unpaired) electrons. The van der Waals surface area contributed by atoms with Crippen LogP contribution >= 0.6 is 11.8 Å². The standard InChI is InChI=1S/C24H23NOS/c26-19(16-27-20-13-12-17-6-1-2-7-18(17)14-20)15-25-23-10-4-3-8-21(23)22-9-5-11-24(22)25/h1-4,6-8,10,12-14,19,26H,5,9,11,15-16H2. The van der Waals surface area contributed by atoms with Crippen molar-refractivity contribution >= 4 is 33.4 Å². The second-order valence-electron chi connectivity index (χ2n) is 7.38. The van der Waals surface area contributed by atoms with Gasteiger partial charge in [0.15, 0.2) is 0 Å². The summed E-state index contributed by atoms with van der Waals surface area (Å²) in [4.78, 5) is 1.22. The number of para-hydroxylation sites is 1. The summed E-state index contributed by atoms with van der Waals surface area (Å²) in [7, 11) is 0. The van der Waals surface area contributed by atoms with Gasteiger partial charge in [0.25, 0.3) is 0 Å². The van der Waals surface area contributed by atoms with Gasteiger partial charge in [0.05, 0.1) is 6.10 Å². The van der Waals surface area contributed by atoms with Gasteiger partial charge in [-0.3, -0.25) is 0 Å². The Kier molecular flexibility index (Phi) is 4.42. The molecule has 0 saturated heterocycles. The van der Waals surface area contributed by atoms with E-state index in [-0.39, 0.29) is 6.10 Å². The average Bonchev–Trinajstić information content (AvgIpc) is 3.29. The normalized spacial score (nSPS) is 14.7. The Bertz CT molecular complexity index is 1110. The van der Waals surface area contributed by atoms with Crippen molar-refractivity contribution in [2.45, 2.75) is 36.8 Å². The smallest absolute Gasteiger partial charge is 0.0812 e. The number of hydrogen-bond donors (Lipinski definition) is 1. The van der Waals surface area contributed by atoms with Crippen LogP contribution in [0.25, 0.3) is 21.7 Å². The first kappa shape index (κ1) is 16.9. The molecule has 1 aliphatic carbocycles. The number of nitrogens with zero attached hydrogens (tertiary/aromatic N) is 1. The quantitative estimate of drug-likeness (QED) is 0.472. The lowest BCUT2D eigenvalue weighted by atomic mass is 10.1. The number of benzene rings is 3. The zero-order chi connectivity index (χ0) is 18.2. The van der Waals surface area contributed by atoms with Crippen molar-refractivity contribution in [3.63, 3.8) is 0 Å². The Morgan fingerprint density at radius 2 is 1.74 bits per heavy atom. The number of aromatic nitrogens is 1. The van der Waals surface area contributed by atoms with Crippen LogP contribution in [0.5, 0.6) is 0 Å². The van der Waals surface area contributed by atoms with Crippen molar-refractivity contribution < 1.29 is 5.11 Å². The van der Waals surface area contributed by atoms with Gasteiger partial charge in [-0.2, -0.15) is 0 Å². The number of aryl methyl sites for hydroxylation is 1. The summed E-state index contributed by atoms with van der Waals surface area (Å²) >= 11 is 1.74. The number of hydrogen-bond acceptors (Lipinski definition) is 2. The van der Waals surface area contributed by atoms with Gasteiger partial charge in [-0.25, -0.2) is 0 Å². The third kappa shape index (κ3) is 3.15. The summed E-state index contributed by atoms with van der Waals surface area (Å²) < 4.78 is 2.36. The number of rotatable bonds is 5. The minimum Gasteiger partial charge on any atom is -0.390 e. The Hall–Kier alpha value is -2.23. The van der Waals surface area contributed by atoms with Gasteiger partial charge in [-0.05, 0) is 53.8 Å². The lowest BCUT2D eigenvalue weighted by Gasteiger charge is -2.15. The van der Waals surface area contributed by atoms with Crippen molar-refractivity contribution in [2.75, 3.05) is 5.75 Å². The van der Waals surface area contributed by atoms with E-state index in [9.17, 15) is 5.11 Å². The number of aliphatic hydroxyl groups excluding tert-OH is 1. The zero-order valence-corrected chi connectivity index (χ0v) is 16.1. The van der Waals surface area contributed by atoms with Crippen LogP contribution in [0.15, 0.2) is 71.6 Å². The van der Waals surface area contributed by atoms with E-state index in [2.05, 4.69) is 71.3 Å². The lowest BCUT2D eigenvalue weighted by molar-refractivity contribution is 0.179. The van der Waals surface area contributed by atoms with Crippen molar-refractivity contribution in [3.05, 3.63) is 78.0 Å². The maximum Gasteiger partial charge on any atom is 0.0812 e. The second kappa shape index (κ2) is 7.06. The van der Waals surface area contributed by atoms with Crippen LogP contribution in [0.4, 0.5) is 0 Å². The molecule has 1 unspecified atom stereocenters. The highest BCUT2D eigenvalue weighted by molar-refractivity contribution is 7.99. The Labute approximate surface area is 163 Å². The molecule has 1 heterocycles. The van der Waals surface area contributed by atoms with E-state index in [1.54, 1.807) is 11.8 Å². The third-order valence-electron chi connectivity index (χ3n) is 5.59. The first-order valence-corrected chi connectivity index (χ1v) is 10.7. The molecule has 3 aromatic carbocycles. The highest BCUT2D eigenvalue weighted by Gasteiger charge is 2.22. The minimum atomic E-state index is -0.359. The first-order valence-electron chi connectivity index (χ1n) is 9.68. The molecule has 1 atom stereocenters. The summed E-state index contributed by atoms with van der Waals surface area (Å²) in [5, 5.41) is 14.6. The maximum absolute atomic E-state index is 10.7. The fraction of sp³-hybridized carbons (Fsp3) is 0.250. The van der Waals surface area contributed by atoms with Crippen molar-refractivity contribution in [1.82, 2.24) is 4.57 Å². The molecule has 0 saturated carbocycles. The van der Waals surface area contributed by atoms with Gasteiger partial charge in [0.1, 0.15) is 0 Å². The zero-order valence-electron chi connectivity index (χ0n) is 15.3. The van der Waals surface area contributed by atoms with E-state index >= 15 is 0 Å². The molecule has 5 rings (SSSR count). The highest BCUT2D eigenvalue weighted by Crippen LogP contribution is 2.33. The molecule has 4 aromatic rings. The van der Waals surface area contributed by atoms with Crippen molar-refractivity contribution in [3.8, 4) is 0 Å². The van der Waals surface area contributed by atoms with Gasteiger partial charge in [0, 0.05) is 33.8 Å². The van der Waals surface area contributed by atoms with Crippen LogP contribution in [0, 0.1) is 0 Å². The van der Waals surface area contributed by atoms with Crippen molar-refractivity contribution in [1.29, 1.82) is 0 Å². The fourth-order valence-electron chi connectivity index (χ4n) is 4.35. The Morgan fingerprint density at radius 3 is 2.67 bits per heavy atom. The molecular weight excluding hydrogens is 350 g/mol. The molecule has 0 bridgehead atoms. The molecule has 0 spiro atoms. The molecule has 1 N–H and O–H groups in total. The van der Waals surface area contributed by atoms with E-state index in [0.717, 1.165) is 6.42 Å². The van der Waals surface area contributed by atoms with Gasteiger partial charge in [-0.1, -0.05) is 48.5 Å². The van der Waals surface area contributed by atoms with Crippen LogP contribution < -0.4 is 0 Å². The van der Waals surface area contributed by atoms with Crippen LogP contribution in [-0.4, -0.2) is 21.5 Å². The minimum absolute atomic E-state index is 0.359. The first-order chi connectivity index (χ1) is 13.3. The molecule has 0 fully saturated rings. The lowest BCUT2D eigenvalue weighted by Crippen LogP contribution is -2.19. The van der Waals surface area contributed by atoms with E-state index in [0.29, 0.717) is 12.3 Å². The maximum atomic E-state index is 10.7. The van der Waals surface area contributed by atoms with E-state index in [4.69, 9.17) is 0 Å². The summed E-state index contributed by atoms with van der Waals surface area (Å²) in [6, 6.07) is 23.6. The predicted octanol–water partition coefficient (Wildman–Crippen LogP) is 5.44. The third-order valence-corrected chi connectivity index (χ3v) is 6.73. The summed E-state index contributed by atoms with van der Waals surface area (Å²) in [5.74, 6) is 0.708. The topological polar surface area (TPSA) is 25.2 Å². The van der Waals surface area contributed by atoms with Gasteiger partial charge in [0.2, 0.25) is 0 Å². The molecular formula is C24H23NOS. The molecule has 1 aromatic heterocycles. The molecule has 2 nitrogen and oxygen atoms in total. The molecule has 136 valence electrons. The molecule has 27 heavy (non-hydrogen) atoms. The van der Waals surface area contributed by atoms with Crippen LogP contribution in [0.1, 0.15) is 17.7 Å². The predicted molar refractivity (Wildman–Crippen MR) is 115 cm³/mol. The van der Waals surface area contributed by atoms with Gasteiger partial charge in [-0.15, -0.1) is 11.8 Å². The SMILES string of the molecule is OC(CSc1ccc2ccccc2c1)Cn1c2c(c3ccccc31)CCC2. The van der Waals surface area contributed by atoms with E-state index < -0.39 is 0 Å². The summed E-state index contributed by atoms with van der Waals surface area (Å²) in [6.07, 6.45) is 3.18. The largest absolute Gasteiger partial charge is 0.390 e.